The molecular formula is C15H16N4. The minimum absolute atomic E-state index is 0.872. The minimum atomic E-state index is 0.872. The van der Waals surface area contributed by atoms with Gasteiger partial charge in [0, 0.05) is 25.3 Å². The van der Waals surface area contributed by atoms with E-state index in [-0.39, 0.29) is 0 Å². The molecule has 2 heterocycles. The van der Waals surface area contributed by atoms with E-state index in [1.54, 1.807) is 0 Å². The van der Waals surface area contributed by atoms with Gasteiger partial charge in [-0.1, -0.05) is 12.1 Å². The first-order valence-corrected chi connectivity index (χ1v) is 6.24. The summed E-state index contributed by atoms with van der Waals surface area (Å²) in [6, 6.07) is 12.3. The number of fused-ring (bicyclic) bond motifs is 1. The second-order valence-corrected chi connectivity index (χ2v) is 4.84. The second-order valence-electron chi connectivity index (χ2n) is 4.84. The van der Waals surface area contributed by atoms with Gasteiger partial charge >= 0.3 is 0 Å². The van der Waals surface area contributed by atoms with Gasteiger partial charge in [-0.05, 0) is 31.2 Å². The van der Waals surface area contributed by atoms with Gasteiger partial charge in [-0.3, -0.25) is 0 Å². The predicted octanol–water partition coefficient (Wildman–Crippen LogP) is 2.77. The monoisotopic (exact) mass is 252 g/mol. The number of nitrogens with zero attached hydrogens (tertiary/aromatic N) is 4. The number of imidazole rings is 1. The van der Waals surface area contributed by atoms with Gasteiger partial charge in [-0.15, -0.1) is 0 Å². The summed E-state index contributed by atoms with van der Waals surface area (Å²) in [5.41, 5.74) is 5.09. The van der Waals surface area contributed by atoms with Crippen molar-refractivity contribution in [1.29, 1.82) is 0 Å². The SMILES string of the molecule is Cc1ccc2nc(-c3ccc(N(C)C)cc3)cn2n1. The Balaban J connectivity index is 2.03. The molecule has 0 aliphatic heterocycles. The molecule has 4 nitrogen and oxygen atoms in total. The van der Waals surface area contributed by atoms with Gasteiger partial charge in [-0.2, -0.15) is 5.10 Å². The van der Waals surface area contributed by atoms with Gasteiger partial charge in [-0.25, -0.2) is 9.50 Å². The number of anilines is 1. The third-order valence-corrected chi connectivity index (χ3v) is 3.13. The first kappa shape index (κ1) is 11.7. The Morgan fingerprint density at radius 3 is 2.42 bits per heavy atom. The Morgan fingerprint density at radius 2 is 1.74 bits per heavy atom. The third-order valence-electron chi connectivity index (χ3n) is 3.13. The van der Waals surface area contributed by atoms with Gasteiger partial charge in [0.25, 0.3) is 0 Å². The molecule has 3 aromatic rings. The Bertz CT molecular complexity index is 711. The summed E-state index contributed by atoms with van der Waals surface area (Å²) in [5.74, 6) is 0. The van der Waals surface area contributed by atoms with E-state index < -0.39 is 0 Å². The topological polar surface area (TPSA) is 33.4 Å². The molecule has 2 aromatic heterocycles. The molecule has 0 fully saturated rings. The summed E-state index contributed by atoms with van der Waals surface area (Å²) in [6.45, 7) is 1.98. The van der Waals surface area contributed by atoms with E-state index in [4.69, 9.17) is 0 Å². The van der Waals surface area contributed by atoms with Crippen molar-refractivity contribution < 1.29 is 0 Å². The molecule has 96 valence electrons. The van der Waals surface area contributed by atoms with Crippen LogP contribution >= 0.6 is 0 Å². The molecule has 0 N–H and O–H groups in total. The zero-order valence-electron chi connectivity index (χ0n) is 11.3. The van der Waals surface area contributed by atoms with Crippen LogP contribution in [0.3, 0.4) is 0 Å². The molecule has 1 aromatic carbocycles. The molecule has 0 amide bonds. The van der Waals surface area contributed by atoms with Gasteiger partial charge in [0.05, 0.1) is 17.6 Å². The van der Waals surface area contributed by atoms with Crippen molar-refractivity contribution in [2.24, 2.45) is 0 Å². The van der Waals surface area contributed by atoms with Crippen molar-refractivity contribution in [2.75, 3.05) is 19.0 Å². The lowest BCUT2D eigenvalue weighted by atomic mass is 10.1. The van der Waals surface area contributed by atoms with Crippen LogP contribution in [0.2, 0.25) is 0 Å². The van der Waals surface area contributed by atoms with Gasteiger partial charge in [0.15, 0.2) is 5.65 Å². The number of hydrogen-bond acceptors (Lipinski definition) is 3. The number of aryl methyl sites for hydroxylation is 1. The summed E-state index contributed by atoms with van der Waals surface area (Å²) < 4.78 is 1.82. The Morgan fingerprint density at radius 1 is 1.00 bits per heavy atom. The molecule has 0 aliphatic carbocycles. The Hall–Kier alpha value is -2.36. The van der Waals surface area contributed by atoms with E-state index in [1.165, 1.54) is 5.69 Å². The minimum Gasteiger partial charge on any atom is -0.378 e. The van der Waals surface area contributed by atoms with Crippen LogP contribution in [-0.4, -0.2) is 28.7 Å². The first-order valence-electron chi connectivity index (χ1n) is 6.24. The molecule has 19 heavy (non-hydrogen) atoms. The van der Waals surface area contributed by atoms with Gasteiger partial charge < -0.3 is 4.90 Å². The third kappa shape index (κ3) is 2.17. The fourth-order valence-electron chi connectivity index (χ4n) is 2.05. The predicted molar refractivity (Wildman–Crippen MR) is 77.5 cm³/mol. The molecule has 0 radical (unpaired) electrons. The number of rotatable bonds is 2. The molecule has 0 spiro atoms. The molecule has 0 aliphatic rings. The highest BCUT2D eigenvalue weighted by Gasteiger charge is 2.05. The van der Waals surface area contributed by atoms with Crippen molar-refractivity contribution in [2.45, 2.75) is 6.92 Å². The average Bonchev–Trinajstić information content (AvgIpc) is 2.81. The number of benzene rings is 1. The van der Waals surface area contributed by atoms with Crippen LogP contribution in [0.5, 0.6) is 0 Å². The molecule has 3 rings (SSSR count). The molecule has 0 atom stereocenters. The van der Waals surface area contributed by atoms with Crippen molar-refractivity contribution in [3.63, 3.8) is 0 Å². The Labute approximate surface area is 112 Å². The van der Waals surface area contributed by atoms with Crippen molar-refractivity contribution in [1.82, 2.24) is 14.6 Å². The number of hydrogen-bond donors (Lipinski definition) is 0. The largest absolute Gasteiger partial charge is 0.378 e. The highest BCUT2D eigenvalue weighted by Crippen LogP contribution is 2.21. The van der Waals surface area contributed by atoms with E-state index in [1.807, 2.05) is 43.9 Å². The lowest BCUT2D eigenvalue weighted by Gasteiger charge is -2.11. The van der Waals surface area contributed by atoms with E-state index in [0.29, 0.717) is 0 Å². The van der Waals surface area contributed by atoms with E-state index in [2.05, 4.69) is 39.2 Å². The zero-order valence-corrected chi connectivity index (χ0v) is 11.3. The lowest BCUT2D eigenvalue weighted by molar-refractivity contribution is 0.901. The van der Waals surface area contributed by atoms with Gasteiger partial charge in [0.2, 0.25) is 0 Å². The maximum atomic E-state index is 4.59. The number of aromatic nitrogens is 3. The van der Waals surface area contributed by atoms with E-state index in [0.717, 1.165) is 22.6 Å². The summed E-state index contributed by atoms with van der Waals surface area (Å²) in [7, 11) is 4.07. The molecule has 0 saturated carbocycles. The molecule has 0 saturated heterocycles. The highest BCUT2D eigenvalue weighted by atomic mass is 15.2. The standard InChI is InChI=1S/C15H16N4/c1-11-4-9-15-16-14(10-19(15)17-11)12-5-7-13(8-6-12)18(2)3/h4-10H,1-3H3. The summed E-state index contributed by atoms with van der Waals surface area (Å²) >= 11 is 0. The fraction of sp³-hybridized carbons (Fsp3) is 0.200. The van der Waals surface area contributed by atoms with Crippen LogP contribution < -0.4 is 4.90 Å². The lowest BCUT2D eigenvalue weighted by Crippen LogP contribution is -2.07. The highest BCUT2D eigenvalue weighted by molar-refractivity contribution is 5.65. The normalized spacial score (nSPS) is 10.9. The fourth-order valence-corrected chi connectivity index (χ4v) is 2.05. The van der Waals surface area contributed by atoms with Crippen LogP contribution in [0.1, 0.15) is 5.69 Å². The maximum Gasteiger partial charge on any atom is 0.154 e. The molecule has 4 heteroatoms. The zero-order chi connectivity index (χ0) is 13.4. The van der Waals surface area contributed by atoms with Crippen LogP contribution in [0.25, 0.3) is 16.9 Å². The molecule has 0 bridgehead atoms. The van der Waals surface area contributed by atoms with Crippen LogP contribution in [-0.2, 0) is 0 Å². The Kier molecular flexibility index (Phi) is 2.71. The van der Waals surface area contributed by atoms with Crippen molar-refractivity contribution >= 4 is 11.3 Å². The van der Waals surface area contributed by atoms with Crippen LogP contribution in [0, 0.1) is 6.92 Å². The summed E-state index contributed by atoms with van der Waals surface area (Å²) in [5, 5.41) is 4.41. The van der Waals surface area contributed by atoms with Crippen LogP contribution in [0.4, 0.5) is 5.69 Å². The first-order chi connectivity index (χ1) is 9.13. The van der Waals surface area contributed by atoms with Crippen molar-refractivity contribution in [3.05, 3.63) is 48.3 Å². The molecular weight excluding hydrogens is 236 g/mol. The van der Waals surface area contributed by atoms with E-state index >= 15 is 0 Å². The maximum absolute atomic E-state index is 4.59. The smallest absolute Gasteiger partial charge is 0.154 e. The quantitative estimate of drug-likeness (QED) is 0.703. The van der Waals surface area contributed by atoms with Gasteiger partial charge in [0.1, 0.15) is 0 Å². The summed E-state index contributed by atoms with van der Waals surface area (Å²) in [4.78, 5) is 6.67. The summed E-state index contributed by atoms with van der Waals surface area (Å²) in [6.07, 6.45) is 1.97. The van der Waals surface area contributed by atoms with Crippen molar-refractivity contribution in [3.8, 4) is 11.3 Å². The average molecular weight is 252 g/mol. The second kappa shape index (κ2) is 4.39. The van der Waals surface area contributed by atoms with Crippen LogP contribution in [0.15, 0.2) is 42.6 Å². The molecule has 0 unspecified atom stereocenters. The van der Waals surface area contributed by atoms with E-state index in [9.17, 15) is 0 Å².